The van der Waals surface area contributed by atoms with Crippen molar-refractivity contribution in [1.29, 1.82) is 0 Å². The van der Waals surface area contributed by atoms with Gasteiger partial charge in [-0.05, 0) is 36.4 Å². The largest absolute Gasteiger partial charge is 0.463 e. The molecule has 0 saturated heterocycles. The average molecular weight is 351 g/mol. The summed E-state index contributed by atoms with van der Waals surface area (Å²) in [7, 11) is 1.30. The molecule has 0 radical (unpaired) electrons. The van der Waals surface area contributed by atoms with Gasteiger partial charge in [-0.2, -0.15) is 0 Å². The van der Waals surface area contributed by atoms with Crippen LogP contribution in [0.3, 0.4) is 0 Å². The summed E-state index contributed by atoms with van der Waals surface area (Å²) < 4.78 is 15.5. The molecule has 0 bridgehead atoms. The summed E-state index contributed by atoms with van der Waals surface area (Å²) in [5.41, 5.74) is 0.791. The average Bonchev–Trinajstić information content (AvgIpc) is 3.22. The van der Waals surface area contributed by atoms with Gasteiger partial charge >= 0.3 is 5.97 Å². The molecular formula is C15H11ClN2O4S. The number of halogens is 1. The van der Waals surface area contributed by atoms with Crippen molar-refractivity contribution in [2.24, 2.45) is 0 Å². The smallest absolute Gasteiger partial charge is 0.373 e. The molecule has 3 rings (SSSR count). The Morgan fingerprint density at radius 1 is 1.17 bits per heavy atom. The van der Waals surface area contributed by atoms with Crippen LogP contribution in [0.4, 0.5) is 0 Å². The number of methoxy groups -OCH3 is 1. The van der Waals surface area contributed by atoms with E-state index in [-0.39, 0.29) is 5.76 Å². The number of hydrogen-bond acceptors (Lipinski definition) is 7. The molecule has 0 aliphatic carbocycles. The molecule has 0 amide bonds. The second-order valence-electron chi connectivity index (χ2n) is 4.43. The Morgan fingerprint density at radius 2 is 1.96 bits per heavy atom. The highest BCUT2D eigenvalue weighted by Crippen LogP contribution is 2.27. The van der Waals surface area contributed by atoms with Crippen molar-refractivity contribution in [2.45, 2.75) is 11.0 Å². The van der Waals surface area contributed by atoms with Crippen molar-refractivity contribution in [2.75, 3.05) is 7.11 Å². The van der Waals surface area contributed by atoms with Crippen LogP contribution in [-0.4, -0.2) is 23.3 Å². The number of furan rings is 1. The molecule has 0 spiro atoms. The lowest BCUT2D eigenvalue weighted by molar-refractivity contribution is 0.0563. The number of carbonyl (C=O) groups excluding carboxylic acids is 1. The monoisotopic (exact) mass is 350 g/mol. The molecule has 0 aliphatic rings. The second kappa shape index (κ2) is 6.89. The maximum atomic E-state index is 11.3. The minimum Gasteiger partial charge on any atom is -0.463 e. The van der Waals surface area contributed by atoms with E-state index in [0.717, 1.165) is 5.56 Å². The molecule has 0 fully saturated rings. The first-order chi connectivity index (χ1) is 11.2. The normalized spacial score (nSPS) is 10.7. The SMILES string of the molecule is COC(=O)c1ccc(CSc2nnc(-c3ccc(Cl)cc3)o2)o1. The first-order valence-electron chi connectivity index (χ1n) is 6.55. The van der Waals surface area contributed by atoms with E-state index < -0.39 is 5.97 Å². The molecule has 2 aromatic heterocycles. The second-order valence-corrected chi connectivity index (χ2v) is 5.79. The molecule has 0 N–H and O–H groups in total. The van der Waals surface area contributed by atoms with Crippen LogP contribution >= 0.6 is 23.4 Å². The summed E-state index contributed by atoms with van der Waals surface area (Å²) in [6, 6.07) is 10.4. The van der Waals surface area contributed by atoms with Crippen molar-refractivity contribution in [3.63, 3.8) is 0 Å². The van der Waals surface area contributed by atoms with Gasteiger partial charge in [0.05, 0.1) is 12.9 Å². The molecule has 1 aromatic carbocycles. The summed E-state index contributed by atoms with van der Waals surface area (Å²) >= 11 is 7.16. The Hall–Kier alpha value is -2.25. The van der Waals surface area contributed by atoms with Gasteiger partial charge in [-0.1, -0.05) is 23.4 Å². The maximum Gasteiger partial charge on any atom is 0.373 e. The third-order valence-electron chi connectivity index (χ3n) is 2.88. The number of benzene rings is 1. The lowest BCUT2D eigenvalue weighted by Gasteiger charge is -1.95. The Morgan fingerprint density at radius 3 is 2.70 bits per heavy atom. The lowest BCUT2D eigenvalue weighted by Crippen LogP contribution is -1.98. The molecular weight excluding hydrogens is 340 g/mol. The summed E-state index contributed by atoms with van der Waals surface area (Å²) in [6.07, 6.45) is 0. The van der Waals surface area contributed by atoms with Gasteiger partial charge in [-0.3, -0.25) is 0 Å². The summed E-state index contributed by atoms with van der Waals surface area (Å²) in [6.45, 7) is 0. The standard InChI is InChI=1S/C15H11ClN2O4S/c1-20-14(19)12-7-6-11(21-12)8-23-15-18-17-13(22-15)9-2-4-10(16)5-3-9/h2-7H,8H2,1H3. The fraction of sp³-hybridized carbons (Fsp3) is 0.133. The van der Waals surface area contributed by atoms with E-state index in [2.05, 4.69) is 14.9 Å². The van der Waals surface area contributed by atoms with Gasteiger partial charge in [0.25, 0.3) is 5.22 Å². The summed E-state index contributed by atoms with van der Waals surface area (Å²) in [5.74, 6) is 1.14. The molecule has 2 heterocycles. The van der Waals surface area contributed by atoms with E-state index in [1.807, 2.05) is 0 Å². The van der Waals surface area contributed by atoms with Crippen LogP contribution in [0.25, 0.3) is 11.5 Å². The predicted octanol–water partition coefficient (Wildman–Crippen LogP) is 4.06. The molecule has 6 nitrogen and oxygen atoms in total. The molecule has 118 valence electrons. The fourth-order valence-corrected chi connectivity index (χ4v) is 2.56. The lowest BCUT2D eigenvalue weighted by atomic mass is 10.2. The third kappa shape index (κ3) is 3.75. The van der Waals surface area contributed by atoms with E-state index >= 15 is 0 Å². The Bertz CT molecular complexity index is 813. The van der Waals surface area contributed by atoms with E-state index in [0.29, 0.717) is 27.6 Å². The van der Waals surface area contributed by atoms with Gasteiger partial charge in [0, 0.05) is 10.6 Å². The quantitative estimate of drug-likeness (QED) is 0.507. The van der Waals surface area contributed by atoms with Crippen LogP contribution < -0.4 is 0 Å². The van der Waals surface area contributed by atoms with Gasteiger partial charge in [-0.15, -0.1) is 10.2 Å². The molecule has 0 atom stereocenters. The number of rotatable bonds is 5. The van der Waals surface area contributed by atoms with E-state index in [1.165, 1.54) is 18.9 Å². The molecule has 0 unspecified atom stereocenters. The zero-order chi connectivity index (χ0) is 16.2. The molecule has 8 heteroatoms. The zero-order valence-corrected chi connectivity index (χ0v) is 13.6. The van der Waals surface area contributed by atoms with Crippen molar-refractivity contribution < 1.29 is 18.4 Å². The number of hydrogen-bond donors (Lipinski definition) is 0. The minimum absolute atomic E-state index is 0.162. The number of carbonyl (C=O) groups is 1. The highest BCUT2D eigenvalue weighted by Gasteiger charge is 2.13. The highest BCUT2D eigenvalue weighted by molar-refractivity contribution is 7.98. The Balaban J connectivity index is 1.64. The first-order valence-corrected chi connectivity index (χ1v) is 7.91. The van der Waals surface area contributed by atoms with Crippen LogP contribution in [0.1, 0.15) is 16.3 Å². The van der Waals surface area contributed by atoms with Gasteiger partial charge < -0.3 is 13.6 Å². The molecule has 23 heavy (non-hydrogen) atoms. The maximum absolute atomic E-state index is 11.3. The van der Waals surface area contributed by atoms with Crippen molar-refractivity contribution in [3.05, 3.63) is 52.9 Å². The number of thioether (sulfide) groups is 1. The van der Waals surface area contributed by atoms with Crippen molar-refractivity contribution in [1.82, 2.24) is 10.2 Å². The number of nitrogens with zero attached hydrogens (tertiary/aromatic N) is 2. The van der Waals surface area contributed by atoms with Gasteiger partial charge in [-0.25, -0.2) is 4.79 Å². The molecule has 0 aliphatic heterocycles. The molecule has 3 aromatic rings. The van der Waals surface area contributed by atoms with E-state index in [9.17, 15) is 4.79 Å². The highest BCUT2D eigenvalue weighted by atomic mass is 35.5. The Labute approximate surface area is 140 Å². The predicted molar refractivity (Wildman–Crippen MR) is 84.4 cm³/mol. The summed E-state index contributed by atoms with van der Waals surface area (Å²) in [4.78, 5) is 11.3. The summed E-state index contributed by atoms with van der Waals surface area (Å²) in [5, 5.41) is 9.01. The zero-order valence-electron chi connectivity index (χ0n) is 12.0. The van der Waals surface area contributed by atoms with Crippen LogP contribution in [0.5, 0.6) is 0 Å². The molecule has 0 saturated carbocycles. The van der Waals surface area contributed by atoms with Crippen LogP contribution in [0.15, 0.2) is 50.5 Å². The first kappa shape index (κ1) is 15.6. The van der Waals surface area contributed by atoms with Crippen LogP contribution in [-0.2, 0) is 10.5 Å². The number of ether oxygens (including phenoxy) is 1. The van der Waals surface area contributed by atoms with Crippen LogP contribution in [0, 0.1) is 0 Å². The minimum atomic E-state index is -0.510. The van der Waals surface area contributed by atoms with E-state index in [1.54, 1.807) is 36.4 Å². The van der Waals surface area contributed by atoms with Gasteiger partial charge in [0.15, 0.2) is 0 Å². The van der Waals surface area contributed by atoms with Crippen molar-refractivity contribution in [3.8, 4) is 11.5 Å². The number of aromatic nitrogens is 2. The number of esters is 1. The van der Waals surface area contributed by atoms with Gasteiger partial charge in [0.1, 0.15) is 5.76 Å². The third-order valence-corrected chi connectivity index (χ3v) is 3.98. The fourth-order valence-electron chi connectivity index (χ4n) is 1.78. The van der Waals surface area contributed by atoms with Crippen molar-refractivity contribution >= 4 is 29.3 Å². The topological polar surface area (TPSA) is 78.4 Å². The Kier molecular flexibility index (Phi) is 4.68. The van der Waals surface area contributed by atoms with Crippen LogP contribution in [0.2, 0.25) is 5.02 Å². The van der Waals surface area contributed by atoms with Gasteiger partial charge in [0.2, 0.25) is 11.7 Å². The van der Waals surface area contributed by atoms with E-state index in [4.69, 9.17) is 20.4 Å².